The molecule has 0 unspecified atom stereocenters. The molecule has 0 bridgehead atoms. The van der Waals surface area contributed by atoms with E-state index in [-0.39, 0.29) is 12.5 Å². The zero-order valence-electron chi connectivity index (χ0n) is 16.4. The molecule has 0 saturated carbocycles. The number of aromatic nitrogens is 1. The molecule has 6 nitrogen and oxygen atoms in total. The molecule has 1 saturated heterocycles. The number of likely N-dealkylation sites (tertiary alicyclic amines) is 1. The summed E-state index contributed by atoms with van der Waals surface area (Å²) in [4.78, 5) is 31.5. The van der Waals surface area contributed by atoms with Crippen LogP contribution < -0.4 is 5.32 Å². The van der Waals surface area contributed by atoms with E-state index >= 15 is 0 Å². The highest BCUT2D eigenvalue weighted by atomic mass is 16.6. The molecule has 1 fully saturated rings. The summed E-state index contributed by atoms with van der Waals surface area (Å²) in [5.41, 5.74) is 1.07. The van der Waals surface area contributed by atoms with Gasteiger partial charge in [0.05, 0.1) is 11.2 Å². The molecule has 28 heavy (non-hydrogen) atoms. The van der Waals surface area contributed by atoms with Crippen LogP contribution in [-0.2, 0) is 21.7 Å². The average Bonchev–Trinajstić information content (AvgIpc) is 2.73. The van der Waals surface area contributed by atoms with Crippen molar-refractivity contribution < 1.29 is 14.3 Å². The highest BCUT2D eigenvalue weighted by Crippen LogP contribution is 2.22. The summed E-state index contributed by atoms with van der Waals surface area (Å²) in [6.45, 7) is 4.54. The number of nitrogens with zero attached hydrogens (tertiary/aromatic N) is 2. The maximum atomic E-state index is 13.0. The predicted octanol–water partition coefficient (Wildman–Crippen LogP) is 3.62. The van der Waals surface area contributed by atoms with Crippen LogP contribution in [0.1, 0.15) is 44.4 Å². The van der Waals surface area contributed by atoms with Gasteiger partial charge < -0.3 is 10.1 Å². The number of piperidine rings is 1. The lowest BCUT2D eigenvalue weighted by molar-refractivity contribution is -0.129. The molecule has 0 radical (unpaired) electrons. The monoisotopic (exact) mass is 381 g/mol. The van der Waals surface area contributed by atoms with Gasteiger partial charge in [-0.3, -0.25) is 14.7 Å². The molecule has 148 valence electrons. The number of amides is 2. The van der Waals surface area contributed by atoms with Crippen molar-refractivity contribution in [1.29, 1.82) is 0 Å². The standard InChI is InChI=1S/C22H27N3O3/c1-22(2,19-13-6-8-14-23-19)24-20(26)18-12-7-9-15-25(18)21(27)28-16-17-10-4-3-5-11-17/h3-6,8,10-11,13-14,18H,7,9,12,15-16H2,1-2H3,(H,24,26)/t18-/m0/s1. The minimum atomic E-state index is -0.630. The van der Waals surface area contributed by atoms with Crippen molar-refractivity contribution in [2.75, 3.05) is 6.54 Å². The Balaban J connectivity index is 1.65. The lowest BCUT2D eigenvalue weighted by Crippen LogP contribution is -2.55. The van der Waals surface area contributed by atoms with Crippen molar-refractivity contribution in [3.63, 3.8) is 0 Å². The molecule has 1 aromatic heterocycles. The van der Waals surface area contributed by atoms with Gasteiger partial charge in [0.1, 0.15) is 12.6 Å². The highest BCUT2D eigenvalue weighted by Gasteiger charge is 2.36. The van der Waals surface area contributed by atoms with E-state index in [1.807, 2.05) is 62.4 Å². The number of hydrogen-bond donors (Lipinski definition) is 1. The second-order valence-corrected chi connectivity index (χ2v) is 7.57. The van der Waals surface area contributed by atoms with E-state index in [2.05, 4.69) is 10.3 Å². The van der Waals surface area contributed by atoms with Crippen LogP contribution in [0.15, 0.2) is 54.7 Å². The number of benzene rings is 1. The fourth-order valence-corrected chi connectivity index (χ4v) is 3.41. The first-order valence-corrected chi connectivity index (χ1v) is 9.68. The molecule has 2 aromatic rings. The summed E-state index contributed by atoms with van der Waals surface area (Å²) >= 11 is 0. The Morgan fingerprint density at radius 1 is 1.14 bits per heavy atom. The number of carbonyl (C=O) groups is 2. The Kier molecular flexibility index (Phi) is 6.29. The first kappa shape index (κ1) is 19.9. The van der Waals surface area contributed by atoms with Crippen LogP contribution in [0.3, 0.4) is 0 Å². The van der Waals surface area contributed by atoms with Gasteiger partial charge in [0.25, 0.3) is 0 Å². The van der Waals surface area contributed by atoms with E-state index in [4.69, 9.17) is 4.74 Å². The van der Waals surface area contributed by atoms with E-state index in [1.165, 1.54) is 0 Å². The molecule has 1 atom stereocenters. The molecule has 1 aliphatic rings. The molecule has 2 amide bonds. The van der Waals surface area contributed by atoms with Gasteiger partial charge in [-0.2, -0.15) is 0 Å². The Morgan fingerprint density at radius 3 is 2.61 bits per heavy atom. The Morgan fingerprint density at radius 2 is 1.89 bits per heavy atom. The second-order valence-electron chi connectivity index (χ2n) is 7.57. The van der Waals surface area contributed by atoms with Crippen LogP contribution in [0.2, 0.25) is 0 Å². The summed E-state index contributed by atoms with van der Waals surface area (Å²) in [6.07, 6.45) is 3.67. The lowest BCUT2D eigenvalue weighted by Gasteiger charge is -2.36. The van der Waals surface area contributed by atoms with E-state index in [0.717, 1.165) is 24.1 Å². The molecule has 0 aliphatic carbocycles. The van der Waals surface area contributed by atoms with Crippen molar-refractivity contribution in [2.24, 2.45) is 0 Å². The number of ether oxygens (including phenoxy) is 1. The first-order chi connectivity index (χ1) is 13.5. The van der Waals surface area contributed by atoms with Gasteiger partial charge in [0.15, 0.2) is 0 Å². The minimum Gasteiger partial charge on any atom is -0.445 e. The van der Waals surface area contributed by atoms with Crippen molar-refractivity contribution >= 4 is 12.0 Å². The lowest BCUT2D eigenvalue weighted by atomic mass is 9.96. The zero-order valence-corrected chi connectivity index (χ0v) is 16.4. The van der Waals surface area contributed by atoms with Gasteiger partial charge in [0, 0.05) is 12.7 Å². The maximum Gasteiger partial charge on any atom is 0.410 e. The quantitative estimate of drug-likeness (QED) is 0.859. The molecular weight excluding hydrogens is 354 g/mol. The summed E-state index contributed by atoms with van der Waals surface area (Å²) in [7, 11) is 0. The smallest absolute Gasteiger partial charge is 0.410 e. The third kappa shape index (κ3) is 4.88. The topological polar surface area (TPSA) is 71.5 Å². The fraction of sp³-hybridized carbons (Fsp3) is 0.409. The van der Waals surface area contributed by atoms with Crippen LogP contribution in [0, 0.1) is 0 Å². The van der Waals surface area contributed by atoms with E-state index in [1.54, 1.807) is 11.1 Å². The average molecular weight is 381 g/mol. The molecule has 1 N–H and O–H groups in total. The number of carbonyl (C=O) groups excluding carboxylic acids is 2. The van der Waals surface area contributed by atoms with Gasteiger partial charge >= 0.3 is 6.09 Å². The highest BCUT2D eigenvalue weighted by molar-refractivity contribution is 5.86. The van der Waals surface area contributed by atoms with Gasteiger partial charge in [-0.1, -0.05) is 36.4 Å². The van der Waals surface area contributed by atoms with Crippen molar-refractivity contribution in [2.45, 2.75) is 51.3 Å². The summed E-state index contributed by atoms with van der Waals surface area (Å²) in [6, 6.07) is 14.6. The molecule has 6 heteroatoms. The SMILES string of the molecule is CC(C)(NC(=O)[C@@H]1CCCCN1C(=O)OCc1ccccc1)c1ccccn1. The van der Waals surface area contributed by atoms with E-state index in [9.17, 15) is 9.59 Å². The number of pyridine rings is 1. The summed E-state index contributed by atoms with van der Waals surface area (Å²) < 4.78 is 5.46. The van der Waals surface area contributed by atoms with Crippen LogP contribution in [0.25, 0.3) is 0 Å². The van der Waals surface area contributed by atoms with Crippen molar-refractivity contribution in [3.8, 4) is 0 Å². The Hall–Kier alpha value is -2.89. The van der Waals surface area contributed by atoms with Gasteiger partial charge in [-0.05, 0) is 50.8 Å². The molecule has 1 aromatic carbocycles. The minimum absolute atomic E-state index is 0.174. The third-order valence-corrected chi connectivity index (χ3v) is 4.99. The summed E-state index contributed by atoms with van der Waals surface area (Å²) in [5.74, 6) is -0.174. The fourth-order valence-electron chi connectivity index (χ4n) is 3.41. The Bertz CT molecular complexity index is 793. The molecule has 3 rings (SSSR count). The molecule has 2 heterocycles. The van der Waals surface area contributed by atoms with Crippen molar-refractivity contribution in [1.82, 2.24) is 15.2 Å². The third-order valence-electron chi connectivity index (χ3n) is 4.99. The molecular formula is C22H27N3O3. The number of nitrogens with one attached hydrogen (secondary N) is 1. The number of hydrogen-bond acceptors (Lipinski definition) is 4. The Labute approximate surface area is 165 Å². The summed E-state index contributed by atoms with van der Waals surface area (Å²) in [5, 5.41) is 3.05. The van der Waals surface area contributed by atoms with Crippen LogP contribution in [0.4, 0.5) is 4.79 Å². The maximum absolute atomic E-state index is 13.0. The molecule has 0 spiro atoms. The van der Waals surface area contributed by atoms with Gasteiger partial charge in [-0.15, -0.1) is 0 Å². The first-order valence-electron chi connectivity index (χ1n) is 9.68. The van der Waals surface area contributed by atoms with Gasteiger partial charge in [-0.25, -0.2) is 4.79 Å². The van der Waals surface area contributed by atoms with E-state index in [0.29, 0.717) is 13.0 Å². The van der Waals surface area contributed by atoms with E-state index < -0.39 is 17.7 Å². The van der Waals surface area contributed by atoms with Crippen LogP contribution >= 0.6 is 0 Å². The van der Waals surface area contributed by atoms with Crippen molar-refractivity contribution in [3.05, 3.63) is 66.0 Å². The number of rotatable bonds is 5. The largest absolute Gasteiger partial charge is 0.445 e. The molecule has 1 aliphatic heterocycles. The normalized spacial score (nSPS) is 17.1. The zero-order chi connectivity index (χ0) is 20.0. The second kappa shape index (κ2) is 8.87. The van der Waals surface area contributed by atoms with Crippen LogP contribution in [0.5, 0.6) is 0 Å². The predicted molar refractivity (Wildman–Crippen MR) is 106 cm³/mol. The van der Waals surface area contributed by atoms with Gasteiger partial charge in [0.2, 0.25) is 5.91 Å². The van der Waals surface area contributed by atoms with Crippen LogP contribution in [-0.4, -0.2) is 34.5 Å².